The third kappa shape index (κ3) is 4.24. The second-order valence-electron chi connectivity index (χ2n) is 8.51. The van der Waals surface area contributed by atoms with Gasteiger partial charge in [0.2, 0.25) is 5.91 Å². The zero-order chi connectivity index (χ0) is 19.4. The Hall–Kier alpha value is -2.13. The van der Waals surface area contributed by atoms with Crippen molar-refractivity contribution in [2.45, 2.75) is 57.9 Å². The quantitative estimate of drug-likeness (QED) is 0.547. The molecule has 0 aliphatic carbocycles. The van der Waals surface area contributed by atoms with Crippen LogP contribution in [0.4, 0.5) is 0 Å². The molecule has 1 aliphatic rings. The van der Waals surface area contributed by atoms with Gasteiger partial charge in [-0.1, -0.05) is 93.6 Å². The Bertz CT molecular complexity index is 805. The van der Waals surface area contributed by atoms with E-state index in [1.807, 2.05) is 6.07 Å². The molecule has 2 nitrogen and oxygen atoms in total. The van der Waals surface area contributed by atoms with Gasteiger partial charge in [-0.3, -0.25) is 4.79 Å². The Morgan fingerprint density at radius 1 is 0.963 bits per heavy atom. The molecule has 0 saturated heterocycles. The number of hydrogen-bond acceptors (Lipinski definition) is 1. The molecule has 27 heavy (non-hydrogen) atoms. The fraction of sp³-hybridized carbons (Fsp3) is 0.375. The van der Waals surface area contributed by atoms with Gasteiger partial charge >= 0.3 is 0 Å². The maximum atomic E-state index is 13.3. The maximum Gasteiger partial charge on any atom is 0.226 e. The minimum absolute atomic E-state index is 0.286. The van der Waals surface area contributed by atoms with Crippen LogP contribution in [0.25, 0.3) is 11.3 Å². The average Bonchev–Trinajstić information content (AvgIpc) is 3.08. The summed E-state index contributed by atoms with van der Waals surface area (Å²) in [6.07, 6.45) is 3.60. The largest absolute Gasteiger partial charge is 0.311 e. The van der Waals surface area contributed by atoms with Crippen molar-refractivity contribution in [1.29, 1.82) is 0 Å². The number of benzene rings is 2. The number of rotatable bonds is 6. The molecule has 0 N–H and O–H groups in total. The minimum atomic E-state index is -1.58. The lowest BCUT2D eigenvalue weighted by molar-refractivity contribution is -0.128. The molecule has 0 aromatic heterocycles. The van der Waals surface area contributed by atoms with E-state index in [9.17, 15) is 4.79 Å². The number of nitrogens with zero attached hydrogens (tertiary/aromatic N) is 1. The highest BCUT2D eigenvalue weighted by Crippen LogP contribution is 2.44. The van der Waals surface area contributed by atoms with Crippen LogP contribution >= 0.6 is 0 Å². The van der Waals surface area contributed by atoms with E-state index >= 15 is 0 Å². The summed E-state index contributed by atoms with van der Waals surface area (Å²) in [6.45, 7) is 9.30. The molecule has 0 radical (unpaired) electrons. The average molecular weight is 378 g/mol. The van der Waals surface area contributed by atoms with Gasteiger partial charge < -0.3 is 4.90 Å². The SMILES string of the molecule is CCCCC(=O)N1C(c2ccccc2)=C(c2ccccc2)CC1[Si](C)(C)C. The van der Waals surface area contributed by atoms with Gasteiger partial charge in [-0.25, -0.2) is 0 Å². The number of carbonyl (C=O) groups is 1. The Kier molecular flexibility index (Phi) is 6.00. The Labute approximate surface area is 164 Å². The second-order valence-corrected chi connectivity index (χ2v) is 13.9. The van der Waals surface area contributed by atoms with E-state index in [1.165, 1.54) is 11.1 Å². The summed E-state index contributed by atoms with van der Waals surface area (Å²) in [6, 6.07) is 21.1. The Morgan fingerprint density at radius 3 is 2.04 bits per heavy atom. The van der Waals surface area contributed by atoms with Crippen molar-refractivity contribution in [3.8, 4) is 0 Å². The lowest BCUT2D eigenvalue weighted by Gasteiger charge is -2.36. The molecule has 0 spiro atoms. The molecule has 0 fully saturated rings. The van der Waals surface area contributed by atoms with E-state index in [-0.39, 0.29) is 5.91 Å². The molecule has 1 heterocycles. The number of amides is 1. The van der Waals surface area contributed by atoms with E-state index in [4.69, 9.17) is 0 Å². The summed E-state index contributed by atoms with van der Waals surface area (Å²) in [5.74, 6) is 0.286. The van der Waals surface area contributed by atoms with Crippen LogP contribution in [0, 0.1) is 0 Å². The van der Waals surface area contributed by atoms with Crippen molar-refractivity contribution < 1.29 is 4.79 Å². The van der Waals surface area contributed by atoms with Crippen molar-refractivity contribution in [3.63, 3.8) is 0 Å². The molecule has 1 unspecified atom stereocenters. The zero-order valence-corrected chi connectivity index (χ0v) is 18.0. The monoisotopic (exact) mass is 377 g/mol. The van der Waals surface area contributed by atoms with Crippen molar-refractivity contribution in [1.82, 2.24) is 4.90 Å². The van der Waals surface area contributed by atoms with Gasteiger partial charge in [0.1, 0.15) is 0 Å². The van der Waals surface area contributed by atoms with Crippen LogP contribution in [0.3, 0.4) is 0 Å². The fourth-order valence-electron chi connectivity index (χ4n) is 3.93. The molecule has 1 aliphatic heterocycles. The van der Waals surface area contributed by atoms with Gasteiger partial charge in [-0.15, -0.1) is 0 Å². The Morgan fingerprint density at radius 2 is 1.52 bits per heavy atom. The molecule has 3 rings (SSSR count). The highest BCUT2D eigenvalue weighted by molar-refractivity contribution is 6.78. The van der Waals surface area contributed by atoms with Crippen LogP contribution in [0.15, 0.2) is 60.7 Å². The maximum absolute atomic E-state index is 13.3. The normalized spacial score (nSPS) is 17.5. The molecule has 3 heteroatoms. The molecule has 1 amide bonds. The Balaban J connectivity index is 2.16. The second kappa shape index (κ2) is 8.26. The summed E-state index contributed by atoms with van der Waals surface area (Å²) in [7, 11) is -1.58. The summed E-state index contributed by atoms with van der Waals surface area (Å²) >= 11 is 0. The van der Waals surface area contributed by atoms with Crippen molar-refractivity contribution in [3.05, 3.63) is 71.8 Å². The van der Waals surface area contributed by atoms with Gasteiger partial charge in [0.15, 0.2) is 0 Å². The van der Waals surface area contributed by atoms with Crippen LogP contribution in [0.2, 0.25) is 19.6 Å². The molecule has 142 valence electrons. The van der Waals surface area contributed by atoms with Gasteiger partial charge in [-0.2, -0.15) is 0 Å². The lowest BCUT2D eigenvalue weighted by atomic mass is 9.99. The third-order valence-corrected chi connectivity index (χ3v) is 7.88. The topological polar surface area (TPSA) is 20.3 Å². The third-order valence-electron chi connectivity index (χ3n) is 5.42. The highest BCUT2D eigenvalue weighted by Gasteiger charge is 2.43. The van der Waals surface area contributed by atoms with E-state index in [0.717, 1.165) is 30.5 Å². The van der Waals surface area contributed by atoms with Crippen LogP contribution < -0.4 is 0 Å². The molecule has 0 saturated carbocycles. The van der Waals surface area contributed by atoms with Crippen LogP contribution in [0.1, 0.15) is 43.7 Å². The smallest absolute Gasteiger partial charge is 0.226 e. The minimum Gasteiger partial charge on any atom is -0.311 e. The summed E-state index contributed by atoms with van der Waals surface area (Å²) in [5, 5.41) is 0. The summed E-state index contributed by atoms with van der Waals surface area (Å²) in [5.41, 5.74) is 5.16. The van der Waals surface area contributed by atoms with E-state index in [1.54, 1.807) is 0 Å². The first-order valence-electron chi connectivity index (χ1n) is 10.1. The van der Waals surface area contributed by atoms with Gasteiger partial charge in [-0.05, 0) is 29.5 Å². The van der Waals surface area contributed by atoms with E-state index in [2.05, 4.69) is 86.1 Å². The van der Waals surface area contributed by atoms with Gasteiger partial charge in [0.25, 0.3) is 0 Å². The van der Waals surface area contributed by atoms with Crippen LogP contribution in [-0.2, 0) is 4.79 Å². The predicted octanol–water partition coefficient (Wildman–Crippen LogP) is 6.22. The van der Waals surface area contributed by atoms with E-state index < -0.39 is 8.07 Å². The molecular formula is C24H31NOSi. The van der Waals surface area contributed by atoms with Crippen molar-refractivity contribution >= 4 is 25.3 Å². The standard InChI is InChI=1S/C24H31NOSi/c1-5-6-17-22(26)25-23(27(2,3)4)18-21(19-13-9-7-10-14-19)24(25)20-15-11-8-12-16-20/h7-16,23H,5-6,17-18H2,1-4H3. The summed E-state index contributed by atoms with van der Waals surface area (Å²) in [4.78, 5) is 15.5. The van der Waals surface area contributed by atoms with Gasteiger partial charge in [0, 0.05) is 12.1 Å². The van der Waals surface area contributed by atoms with Crippen molar-refractivity contribution in [2.24, 2.45) is 0 Å². The number of unbranched alkanes of at least 4 members (excludes halogenated alkanes) is 1. The molecule has 1 atom stereocenters. The first-order chi connectivity index (χ1) is 12.9. The zero-order valence-electron chi connectivity index (χ0n) is 17.0. The number of hydrogen-bond donors (Lipinski definition) is 0. The van der Waals surface area contributed by atoms with E-state index in [0.29, 0.717) is 12.1 Å². The predicted molar refractivity (Wildman–Crippen MR) is 118 cm³/mol. The molecule has 0 bridgehead atoms. The summed E-state index contributed by atoms with van der Waals surface area (Å²) < 4.78 is 0. The fourth-order valence-corrected chi connectivity index (χ4v) is 5.79. The first-order valence-corrected chi connectivity index (χ1v) is 13.7. The molecule has 2 aromatic rings. The van der Waals surface area contributed by atoms with Crippen LogP contribution in [-0.4, -0.2) is 24.5 Å². The molecule has 2 aromatic carbocycles. The van der Waals surface area contributed by atoms with Crippen molar-refractivity contribution in [2.75, 3.05) is 0 Å². The number of carbonyl (C=O) groups excluding carboxylic acids is 1. The first kappa shape index (κ1) is 19.6. The molecular weight excluding hydrogens is 346 g/mol. The lowest BCUT2D eigenvalue weighted by Crippen LogP contribution is -2.49. The van der Waals surface area contributed by atoms with Crippen LogP contribution in [0.5, 0.6) is 0 Å². The van der Waals surface area contributed by atoms with Gasteiger partial charge in [0.05, 0.1) is 13.8 Å². The highest BCUT2D eigenvalue weighted by atomic mass is 28.3.